The standard InChI is InChI=1S/C10H15NO/c11-9-5-4-8(6-9)10(12)7-2-1-3-7/h4-5,7-9H,1-3,6,11H2. The van der Waals surface area contributed by atoms with Gasteiger partial charge in [0.1, 0.15) is 5.78 Å². The Balaban J connectivity index is 1.92. The van der Waals surface area contributed by atoms with Crippen molar-refractivity contribution >= 4 is 5.78 Å². The summed E-state index contributed by atoms with van der Waals surface area (Å²) in [4.78, 5) is 11.7. The van der Waals surface area contributed by atoms with Gasteiger partial charge in [-0.25, -0.2) is 0 Å². The van der Waals surface area contributed by atoms with Gasteiger partial charge in [-0.15, -0.1) is 0 Å². The molecule has 0 aliphatic heterocycles. The highest BCUT2D eigenvalue weighted by atomic mass is 16.1. The van der Waals surface area contributed by atoms with E-state index in [2.05, 4.69) is 0 Å². The summed E-state index contributed by atoms with van der Waals surface area (Å²) >= 11 is 0. The third-order valence-electron chi connectivity index (χ3n) is 2.99. The Morgan fingerprint density at radius 1 is 1.33 bits per heavy atom. The molecule has 1 saturated carbocycles. The fourth-order valence-corrected chi connectivity index (χ4v) is 1.93. The van der Waals surface area contributed by atoms with Gasteiger partial charge in [0.05, 0.1) is 0 Å². The molecule has 2 unspecified atom stereocenters. The molecular weight excluding hydrogens is 150 g/mol. The van der Waals surface area contributed by atoms with Crippen molar-refractivity contribution in [1.82, 2.24) is 0 Å². The lowest BCUT2D eigenvalue weighted by Crippen LogP contribution is -2.28. The molecule has 2 N–H and O–H groups in total. The summed E-state index contributed by atoms with van der Waals surface area (Å²) in [7, 11) is 0. The molecule has 2 aliphatic carbocycles. The van der Waals surface area contributed by atoms with Crippen molar-refractivity contribution in [2.24, 2.45) is 17.6 Å². The van der Waals surface area contributed by atoms with Crippen molar-refractivity contribution in [1.29, 1.82) is 0 Å². The van der Waals surface area contributed by atoms with Gasteiger partial charge in [-0.2, -0.15) is 0 Å². The summed E-state index contributed by atoms with van der Waals surface area (Å²) in [5.41, 5.74) is 5.68. The lowest BCUT2D eigenvalue weighted by Gasteiger charge is -2.26. The number of Topliss-reactive ketones (excluding diaryl/α,β-unsaturated/α-hetero) is 1. The molecule has 1 fully saturated rings. The maximum Gasteiger partial charge on any atom is 0.142 e. The average molecular weight is 165 g/mol. The summed E-state index contributed by atoms with van der Waals surface area (Å²) in [5, 5.41) is 0. The Morgan fingerprint density at radius 3 is 2.50 bits per heavy atom. The van der Waals surface area contributed by atoms with E-state index < -0.39 is 0 Å². The van der Waals surface area contributed by atoms with E-state index in [0.29, 0.717) is 11.7 Å². The molecule has 2 aliphatic rings. The molecule has 0 heterocycles. The number of allylic oxidation sites excluding steroid dienone is 1. The summed E-state index contributed by atoms with van der Waals surface area (Å²) in [6, 6.07) is 0.124. The van der Waals surface area contributed by atoms with Gasteiger partial charge < -0.3 is 5.73 Å². The van der Waals surface area contributed by atoms with Crippen molar-refractivity contribution in [2.45, 2.75) is 31.7 Å². The number of hydrogen-bond donors (Lipinski definition) is 1. The Kier molecular flexibility index (Phi) is 2.01. The average Bonchev–Trinajstić information content (AvgIpc) is 2.31. The Hall–Kier alpha value is -0.630. The zero-order chi connectivity index (χ0) is 8.55. The summed E-state index contributed by atoms with van der Waals surface area (Å²) < 4.78 is 0. The van der Waals surface area contributed by atoms with Crippen LogP contribution in [0.15, 0.2) is 12.2 Å². The van der Waals surface area contributed by atoms with Crippen LogP contribution < -0.4 is 5.73 Å². The molecule has 0 aromatic rings. The summed E-state index contributed by atoms with van der Waals surface area (Å²) in [5.74, 6) is 0.945. The quantitative estimate of drug-likeness (QED) is 0.626. The van der Waals surface area contributed by atoms with Gasteiger partial charge in [-0.05, 0) is 19.3 Å². The topological polar surface area (TPSA) is 43.1 Å². The van der Waals surface area contributed by atoms with Gasteiger partial charge >= 0.3 is 0 Å². The highest BCUT2D eigenvalue weighted by Crippen LogP contribution is 2.32. The molecule has 0 spiro atoms. The zero-order valence-electron chi connectivity index (χ0n) is 7.20. The van der Waals surface area contributed by atoms with Crippen LogP contribution in [0.2, 0.25) is 0 Å². The van der Waals surface area contributed by atoms with Gasteiger partial charge in [0.15, 0.2) is 0 Å². The fourth-order valence-electron chi connectivity index (χ4n) is 1.93. The first-order valence-corrected chi connectivity index (χ1v) is 4.75. The molecule has 2 rings (SSSR count). The van der Waals surface area contributed by atoms with E-state index in [1.165, 1.54) is 6.42 Å². The van der Waals surface area contributed by atoms with Crippen LogP contribution in [0.1, 0.15) is 25.7 Å². The predicted octanol–water partition coefficient (Wildman–Crippen LogP) is 1.26. The lowest BCUT2D eigenvalue weighted by molar-refractivity contribution is -0.127. The molecule has 0 radical (unpaired) electrons. The highest BCUT2D eigenvalue weighted by molar-refractivity contribution is 5.86. The van der Waals surface area contributed by atoms with Crippen LogP contribution in [-0.2, 0) is 4.79 Å². The van der Waals surface area contributed by atoms with Gasteiger partial charge in [0.2, 0.25) is 0 Å². The van der Waals surface area contributed by atoms with Crippen molar-refractivity contribution < 1.29 is 4.79 Å². The minimum absolute atomic E-state index is 0.124. The third kappa shape index (κ3) is 1.31. The molecule has 0 saturated heterocycles. The molecule has 0 aromatic carbocycles. The van der Waals surface area contributed by atoms with Gasteiger partial charge in [-0.3, -0.25) is 4.79 Å². The fraction of sp³-hybridized carbons (Fsp3) is 0.700. The minimum atomic E-state index is 0.124. The van der Waals surface area contributed by atoms with E-state index in [9.17, 15) is 4.79 Å². The zero-order valence-corrected chi connectivity index (χ0v) is 7.20. The largest absolute Gasteiger partial charge is 0.324 e. The Labute approximate surface area is 72.8 Å². The molecule has 2 atom stereocenters. The van der Waals surface area contributed by atoms with Crippen LogP contribution in [0.4, 0.5) is 0 Å². The minimum Gasteiger partial charge on any atom is -0.324 e. The SMILES string of the molecule is NC1C=CC(C(=O)C2CCC2)C1. The van der Waals surface area contributed by atoms with Crippen molar-refractivity contribution in [3.05, 3.63) is 12.2 Å². The van der Waals surface area contributed by atoms with Crippen LogP contribution in [0, 0.1) is 11.8 Å². The van der Waals surface area contributed by atoms with Gasteiger partial charge in [-0.1, -0.05) is 18.6 Å². The molecule has 2 nitrogen and oxygen atoms in total. The smallest absolute Gasteiger partial charge is 0.142 e. The first kappa shape index (κ1) is 7.99. The van der Waals surface area contributed by atoms with Crippen molar-refractivity contribution in [3.8, 4) is 0 Å². The highest BCUT2D eigenvalue weighted by Gasteiger charge is 2.32. The number of nitrogens with two attached hydrogens (primary N) is 1. The first-order chi connectivity index (χ1) is 5.77. The first-order valence-electron chi connectivity index (χ1n) is 4.75. The van der Waals surface area contributed by atoms with E-state index in [-0.39, 0.29) is 12.0 Å². The Morgan fingerprint density at radius 2 is 2.08 bits per heavy atom. The molecular formula is C10H15NO. The number of rotatable bonds is 2. The van der Waals surface area contributed by atoms with E-state index in [4.69, 9.17) is 5.73 Å². The van der Waals surface area contributed by atoms with Crippen LogP contribution in [-0.4, -0.2) is 11.8 Å². The molecule has 2 heteroatoms. The van der Waals surface area contributed by atoms with E-state index in [0.717, 1.165) is 19.3 Å². The summed E-state index contributed by atoms with van der Waals surface area (Å²) in [6.07, 6.45) is 8.25. The second-order valence-electron chi connectivity index (χ2n) is 3.92. The number of ketones is 1. The second kappa shape index (κ2) is 3.02. The third-order valence-corrected chi connectivity index (χ3v) is 2.99. The molecule has 12 heavy (non-hydrogen) atoms. The van der Waals surface area contributed by atoms with Crippen LogP contribution in [0.3, 0.4) is 0 Å². The van der Waals surface area contributed by atoms with E-state index in [1.54, 1.807) is 0 Å². The number of carbonyl (C=O) groups is 1. The normalized spacial score (nSPS) is 35.1. The molecule has 0 bridgehead atoms. The Bertz CT molecular complexity index is 218. The number of carbonyl (C=O) groups excluding carboxylic acids is 1. The van der Waals surface area contributed by atoms with E-state index in [1.807, 2.05) is 12.2 Å². The van der Waals surface area contributed by atoms with Gasteiger partial charge in [0.25, 0.3) is 0 Å². The molecule has 0 aromatic heterocycles. The number of hydrogen-bond acceptors (Lipinski definition) is 2. The second-order valence-corrected chi connectivity index (χ2v) is 3.92. The van der Waals surface area contributed by atoms with Crippen molar-refractivity contribution in [2.75, 3.05) is 0 Å². The lowest BCUT2D eigenvalue weighted by atomic mass is 9.77. The van der Waals surface area contributed by atoms with Gasteiger partial charge in [0, 0.05) is 17.9 Å². The molecule has 66 valence electrons. The van der Waals surface area contributed by atoms with Crippen LogP contribution in [0.5, 0.6) is 0 Å². The molecule has 0 amide bonds. The van der Waals surface area contributed by atoms with Crippen molar-refractivity contribution in [3.63, 3.8) is 0 Å². The van der Waals surface area contributed by atoms with Crippen LogP contribution in [0.25, 0.3) is 0 Å². The van der Waals surface area contributed by atoms with Crippen LogP contribution >= 0.6 is 0 Å². The maximum absolute atomic E-state index is 11.7. The van der Waals surface area contributed by atoms with E-state index >= 15 is 0 Å². The monoisotopic (exact) mass is 165 g/mol. The maximum atomic E-state index is 11.7. The predicted molar refractivity (Wildman–Crippen MR) is 47.6 cm³/mol. The summed E-state index contributed by atoms with van der Waals surface area (Å²) in [6.45, 7) is 0.